The highest BCUT2D eigenvalue weighted by Gasteiger charge is 2.22. The molecular weight excluding hydrogens is 276 g/mol. The maximum absolute atomic E-state index is 11.4. The van der Waals surface area contributed by atoms with Crippen LogP contribution in [0.1, 0.15) is 48.1 Å². The molecule has 1 aliphatic rings. The normalized spacial score (nSPS) is 15.8. The first-order valence-electron chi connectivity index (χ1n) is 7.66. The summed E-state index contributed by atoms with van der Waals surface area (Å²) < 4.78 is 6.03. The molecule has 2 aromatic carbocycles. The number of primary amides is 1. The van der Waals surface area contributed by atoms with Gasteiger partial charge in [0, 0.05) is 11.1 Å². The van der Waals surface area contributed by atoms with E-state index in [4.69, 9.17) is 10.5 Å². The summed E-state index contributed by atoms with van der Waals surface area (Å²) in [6.45, 7) is 2.18. The summed E-state index contributed by atoms with van der Waals surface area (Å²) in [5.41, 5.74) is 7.82. The number of anilines is 1. The van der Waals surface area contributed by atoms with Crippen molar-refractivity contribution in [2.45, 2.75) is 32.2 Å². The number of hydrogen-bond acceptors (Lipinski definition) is 3. The van der Waals surface area contributed by atoms with Gasteiger partial charge < -0.3 is 15.8 Å². The summed E-state index contributed by atoms with van der Waals surface area (Å²) in [5.74, 6) is 1.15. The molecule has 4 nitrogen and oxygen atoms in total. The van der Waals surface area contributed by atoms with Crippen molar-refractivity contribution < 1.29 is 9.53 Å². The van der Waals surface area contributed by atoms with Gasteiger partial charge in [-0.05, 0) is 30.7 Å². The molecule has 0 spiro atoms. The molecule has 4 heteroatoms. The van der Waals surface area contributed by atoms with Gasteiger partial charge in [-0.1, -0.05) is 38.0 Å². The van der Waals surface area contributed by atoms with E-state index in [-0.39, 0.29) is 6.04 Å². The molecule has 1 heterocycles. The van der Waals surface area contributed by atoms with Crippen LogP contribution in [0.15, 0.2) is 42.5 Å². The van der Waals surface area contributed by atoms with E-state index < -0.39 is 5.91 Å². The van der Waals surface area contributed by atoms with E-state index in [1.165, 1.54) is 0 Å². The van der Waals surface area contributed by atoms with Gasteiger partial charge in [-0.3, -0.25) is 4.79 Å². The maximum atomic E-state index is 11.4. The Balaban J connectivity index is 2.02. The van der Waals surface area contributed by atoms with E-state index in [1.807, 2.05) is 18.2 Å². The topological polar surface area (TPSA) is 64.3 Å². The molecule has 0 saturated carbocycles. The molecule has 114 valence electrons. The number of nitrogens with one attached hydrogen (secondary N) is 1. The predicted octanol–water partition coefficient (Wildman–Crippen LogP) is 4.23. The first-order chi connectivity index (χ1) is 10.7. The fourth-order valence-corrected chi connectivity index (χ4v) is 2.77. The van der Waals surface area contributed by atoms with Crippen molar-refractivity contribution in [3.8, 4) is 11.5 Å². The van der Waals surface area contributed by atoms with Crippen molar-refractivity contribution in [3.05, 3.63) is 53.6 Å². The predicted molar refractivity (Wildman–Crippen MR) is 87.4 cm³/mol. The zero-order valence-electron chi connectivity index (χ0n) is 12.6. The van der Waals surface area contributed by atoms with Crippen LogP contribution < -0.4 is 15.8 Å². The molecule has 2 aromatic rings. The maximum Gasteiger partial charge on any atom is 0.248 e. The fourth-order valence-electron chi connectivity index (χ4n) is 2.77. The number of carbonyl (C=O) groups excluding carboxylic acids is 1. The van der Waals surface area contributed by atoms with Crippen molar-refractivity contribution in [2.75, 3.05) is 5.32 Å². The minimum atomic E-state index is -0.434. The van der Waals surface area contributed by atoms with Crippen LogP contribution in [0.4, 0.5) is 5.69 Å². The lowest BCUT2D eigenvalue weighted by Crippen LogP contribution is -2.13. The summed E-state index contributed by atoms with van der Waals surface area (Å²) in [4.78, 5) is 11.4. The minimum absolute atomic E-state index is 0.167. The van der Waals surface area contributed by atoms with Gasteiger partial charge in [-0.2, -0.15) is 0 Å². The monoisotopic (exact) mass is 296 g/mol. The molecule has 0 bridgehead atoms. The van der Waals surface area contributed by atoms with Crippen molar-refractivity contribution >= 4 is 11.6 Å². The van der Waals surface area contributed by atoms with E-state index in [2.05, 4.69) is 18.3 Å². The average molecular weight is 296 g/mol. The number of amides is 1. The summed E-state index contributed by atoms with van der Waals surface area (Å²) in [6.07, 6.45) is 3.27. The largest absolute Gasteiger partial charge is 0.455 e. The standard InChI is InChI=1S/C18H20N2O2/c1-2-3-7-14-13-6-4-5-8-16(13)22-17-10-9-12(18(19)21)11-15(17)20-14/h4-6,8-11,14,20H,2-3,7H2,1H3,(H2,19,21). The Morgan fingerprint density at radius 1 is 1.23 bits per heavy atom. The molecule has 1 amide bonds. The average Bonchev–Trinajstić information content (AvgIpc) is 2.68. The number of nitrogens with two attached hydrogens (primary N) is 1. The summed E-state index contributed by atoms with van der Waals surface area (Å²) in [6, 6.07) is 13.5. The lowest BCUT2D eigenvalue weighted by molar-refractivity contribution is 0.100. The highest BCUT2D eigenvalue weighted by Crippen LogP contribution is 2.41. The second-order valence-corrected chi connectivity index (χ2v) is 5.55. The van der Waals surface area contributed by atoms with Gasteiger partial charge in [-0.15, -0.1) is 0 Å². The van der Waals surface area contributed by atoms with Crippen molar-refractivity contribution in [1.29, 1.82) is 0 Å². The smallest absolute Gasteiger partial charge is 0.248 e. The Morgan fingerprint density at radius 3 is 2.82 bits per heavy atom. The number of fused-ring (bicyclic) bond motifs is 2. The van der Waals surface area contributed by atoms with Crippen LogP contribution in [0, 0.1) is 0 Å². The van der Waals surface area contributed by atoms with Gasteiger partial charge in [0.15, 0.2) is 5.75 Å². The fraction of sp³-hybridized carbons (Fsp3) is 0.278. The quantitative estimate of drug-likeness (QED) is 0.887. The van der Waals surface area contributed by atoms with Gasteiger partial charge in [0.05, 0.1) is 11.7 Å². The third kappa shape index (κ3) is 2.77. The molecule has 0 fully saturated rings. The van der Waals surface area contributed by atoms with Crippen molar-refractivity contribution in [1.82, 2.24) is 0 Å². The summed E-state index contributed by atoms with van der Waals surface area (Å²) in [7, 11) is 0. The van der Waals surface area contributed by atoms with Crippen molar-refractivity contribution in [2.24, 2.45) is 5.73 Å². The molecule has 1 atom stereocenters. The van der Waals surface area contributed by atoms with Crippen LogP contribution in [0.3, 0.4) is 0 Å². The van der Waals surface area contributed by atoms with E-state index in [9.17, 15) is 4.79 Å². The Bertz CT molecular complexity index is 697. The summed E-state index contributed by atoms with van der Waals surface area (Å²) in [5, 5.41) is 3.51. The van der Waals surface area contributed by atoms with Gasteiger partial charge in [0.25, 0.3) is 0 Å². The SMILES string of the molecule is CCCCC1Nc2cc(C(N)=O)ccc2Oc2ccccc21. The highest BCUT2D eigenvalue weighted by atomic mass is 16.5. The Kier molecular flexibility index (Phi) is 4.00. The van der Waals surface area contributed by atoms with Crippen LogP contribution in [0.25, 0.3) is 0 Å². The summed E-state index contributed by atoms with van der Waals surface area (Å²) >= 11 is 0. The number of hydrogen-bond donors (Lipinski definition) is 2. The number of unbranched alkanes of at least 4 members (excludes halogenated alkanes) is 1. The van der Waals surface area contributed by atoms with Crippen LogP contribution in [-0.2, 0) is 0 Å². The van der Waals surface area contributed by atoms with Crippen LogP contribution in [0.2, 0.25) is 0 Å². The number of rotatable bonds is 4. The first-order valence-corrected chi connectivity index (χ1v) is 7.66. The molecule has 0 aliphatic carbocycles. The minimum Gasteiger partial charge on any atom is -0.455 e. The van der Waals surface area contributed by atoms with Gasteiger partial charge >= 0.3 is 0 Å². The molecule has 0 radical (unpaired) electrons. The van der Waals surface area contributed by atoms with Crippen LogP contribution in [0.5, 0.6) is 11.5 Å². The lowest BCUT2D eigenvalue weighted by atomic mass is 10.00. The third-order valence-corrected chi connectivity index (χ3v) is 3.95. The Morgan fingerprint density at radius 2 is 2.05 bits per heavy atom. The zero-order valence-corrected chi connectivity index (χ0v) is 12.6. The van der Waals surface area contributed by atoms with Crippen molar-refractivity contribution in [3.63, 3.8) is 0 Å². The first kappa shape index (κ1) is 14.4. The third-order valence-electron chi connectivity index (χ3n) is 3.95. The molecule has 1 unspecified atom stereocenters. The molecule has 0 aromatic heterocycles. The van der Waals surface area contributed by atoms with Gasteiger partial charge in [0.1, 0.15) is 5.75 Å². The number of ether oxygens (including phenoxy) is 1. The molecule has 3 rings (SSSR count). The zero-order chi connectivity index (χ0) is 15.5. The second kappa shape index (κ2) is 6.10. The Hall–Kier alpha value is -2.49. The van der Waals surface area contributed by atoms with E-state index in [1.54, 1.807) is 18.2 Å². The van der Waals surface area contributed by atoms with E-state index in [0.29, 0.717) is 5.56 Å². The van der Waals surface area contributed by atoms with Gasteiger partial charge in [0.2, 0.25) is 5.91 Å². The molecule has 22 heavy (non-hydrogen) atoms. The number of carbonyl (C=O) groups is 1. The molecule has 3 N–H and O–H groups in total. The lowest BCUT2D eigenvalue weighted by Gasteiger charge is -2.18. The van der Waals surface area contributed by atoms with Crippen LogP contribution in [-0.4, -0.2) is 5.91 Å². The van der Waals surface area contributed by atoms with Gasteiger partial charge in [-0.25, -0.2) is 0 Å². The van der Waals surface area contributed by atoms with E-state index in [0.717, 1.165) is 42.0 Å². The van der Waals surface area contributed by atoms with E-state index >= 15 is 0 Å². The number of para-hydroxylation sites is 1. The second-order valence-electron chi connectivity index (χ2n) is 5.55. The molecular formula is C18H20N2O2. The Labute approximate surface area is 130 Å². The van der Waals surface area contributed by atoms with Crippen LogP contribution >= 0.6 is 0 Å². The molecule has 0 saturated heterocycles. The highest BCUT2D eigenvalue weighted by molar-refractivity contribution is 5.94. The molecule has 1 aliphatic heterocycles. The number of benzene rings is 2.